The van der Waals surface area contributed by atoms with Gasteiger partial charge in [-0.15, -0.1) is 0 Å². The molecule has 3 nitrogen and oxygen atoms in total. The minimum Gasteiger partial charge on any atom is -0.368 e. The molecule has 1 amide bonds. The Labute approximate surface area is 96.0 Å². The third kappa shape index (κ3) is 2.09. The van der Waals surface area contributed by atoms with Crippen molar-refractivity contribution in [1.82, 2.24) is 5.32 Å². The summed E-state index contributed by atoms with van der Waals surface area (Å²) in [5.74, 6) is 0.373. The lowest BCUT2D eigenvalue weighted by Gasteiger charge is -2.44. The first-order valence-corrected chi connectivity index (χ1v) is 5.71. The fraction of sp³-hybridized carbons (Fsp3) is 0.462. The maximum Gasteiger partial charge on any atom is 0.237 e. The van der Waals surface area contributed by atoms with E-state index in [1.165, 1.54) is 5.56 Å². The number of rotatable bonds is 4. The molecule has 0 aromatic heterocycles. The Morgan fingerprint density at radius 1 is 1.44 bits per heavy atom. The molecule has 0 aliphatic heterocycles. The van der Waals surface area contributed by atoms with Crippen LogP contribution in [0.4, 0.5) is 0 Å². The SMILES string of the molecule is CC1CC(NCc2ccccc2)(C(N)=O)C1. The van der Waals surface area contributed by atoms with E-state index in [2.05, 4.69) is 12.2 Å². The van der Waals surface area contributed by atoms with Crippen LogP contribution < -0.4 is 11.1 Å². The highest BCUT2D eigenvalue weighted by molar-refractivity contribution is 5.85. The number of nitrogens with two attached hydrogens (primary N) is 1. The summed E-state index contributed by atoms with van der Waals surface area (Å²) in [7, 11) is 0. The first kappa shape index (κ1) is 11.1. The summed E-state index contributed by atoms with van der Waals surface area (Å²) < 4.78 is 0. The van der Waals surface area contributed by atoms with E-state index in [9.17, 15) is 4.79 Å². The standard InChI is InChI=1S/C13H18N2O/c1-10-7-13(8-10,12(14)16)15-9-11-5-3-2-4-6-11/h2-6,10,15H,7-9H2,1H3,(H2,14,16). The molecule has 2 rings (SSSR count). The summed E-state index contributed by atoms with van der Waals surface area (Å²) in [4.78, 5) is 11.4. The number of carbonyl (C=O) groups excluding carboxylic acids is 1. The highest BCUT2D eigenvalue weighted by atomic mass is 16.1. The molecule has 1 saturated carbocycles. The van der Waals surface area contributed by atoms with Crippen molar-refractivity contribution in [2.45, 2.75) is 31.8 Å². The van der Waals surface area contributed by atoms with E-state index in [4.69, 9.17) is 5.73 Å². The van der Waals surface area contributed by atoms with Crippen LogP contribution in [0.1, 0.15) is 25.3 Å². The smallest absolute Gasteiger partial charge is 0.237 e. The zero-order chi connectivity index (χ0) is 11.6. The van der Waals surface area contributed by atoms with Crippen molar-refractivity contribution in [3.8, 4) is 0 Å². The maximum absolute atomic E-state index is 11.4. The molecule has 0 atom stereocenters. The van der Waals surface area contributed by atoms with E-state index >= 15 is 0 Å². The molecule has 0 saturated heterocycles. The number of hydrogen-bond acceptors (Lipinski definition) is 2. The first-order chi connectivity index (χ1) is 7.62. The van der Waals surface area contributed by atoms with Crippen LogP contribution in [0.15, 0.2) is 30.3 Å². The third-order valence-electron chi connectivity index (χ3n) is 3.34. The lowest BCUT2D eigenvalue weighted by Crippen LogP contribution is -2.62. The van der Waals surface area contributed by atoms with Crippen LogP contribution in [-0.4, -0.2) is 11.4 Å². The van der Waals surface area contributed by atoms with Gasteiger partial charge in [0.1, 0.15) is 0 Å². The van der Waals surface area contributed by atoms with E-state index in [1.54, 1.807) is 0 Å². The maximum atomic E-state index is 11.4. The van der Waals surface area contributed by atoms with Crippen LogP contribution in [0, 0.1) is 5.92 Å². The van der Waals surface area contributed by atoms with Crippen LogP contribution in [0.2, 0.25) is 0 Å². The number of nitrogens with one attached hydrogen (secondary N) is 1. The van der Waals surface area contributed by atoms with Crippen LogP contribution in [0.5, 0.6) is 0 Å². The molecule has 1 aliphatic rings. The average Bonchev–Trinajstić information content (AvgIpc) is 2.23. The molecule has 1 aliphatic carbocycles. The molecular weight excluding hydrogens is 200 g/mol. The molecule has 1 aromatic carbocycles. The molecule has 1 aromatic rings. The molecule has 0 radical (unpaired) electrons. The lowest BCUT2D eigenvalue weighted by molar-refractivity contribution is -0.129. The van der Waals surface area contributed by atoms with Gasteiger partial charge in [-0.25, -0.2) is 0 Å². The van der Waals surface area contributed by atoms with Gasteiger partial charge in [0.15, 0.2) is 0 Å². The Kier molecular flexibility index (Phi) is 2.97. The zero-order valence-corrected chi connectivity index (χ0v) is 9.57. The van der Waals surface area contributed by atoms with Gasteiger partial charge in [0.05, 0.1) is 5.54 Å². The van der Waals surface area contributed by atoms with Crippen molar-refractivity contribution in [3.63, 3.8) is 0 Å². The Bertz CT molecular complexity index is 369. The van der Waals surface area contributed by atoms with Crippen molar-refractivity contribution in [2.75, 3.05) is 0 Å². The second-order valence-electron chi connectivity index (χ2n) is 4.80. The fourth-order valence-electron chi connectivity index (χ4n) is 2.43. The second-order valence-corrected chi connectivity index (χ2v) is 4.80. The van der Waals surface area contributed by atoms with Gasteiger partial charge in [0, 0.05) is 6.54 Å². The van der Waals surface area contributed by atoms with Crippen LogP contribution in [-0.2, 0) is 11.3 Å². The van der Waals surface area contributed by atoms with E-state index in [0.717, 1.165) is 12.8 Å². The Balaban J connectivity index is 1.96. The number of amides is 1. The van der Waals surface area contributed by atoms with E-state index in [1.807, 2.05) is 30.3 Å². The van der Waals surface area contributed by atoms with Crippen LogP contribution >= 0.6 is 0 Å². The summed E-state index contributed by atoms with van der Waals surface area (Å²) in [5.41, 5.74) is 6.18. The van der Waals surface area contributed by atoms with Gasteiger partial charge in [-0.05, 0) is 24.3 Å². The quantitative estimate of drug-likeness (QED) is 0.803. The summed E-state index contributed by atoms with van der Waals surface area (Å²) in [6, 6.07) is 10.1. The monoisotopic (exact) mass is 218 g/mol. The van der Waals surface area contributed by atoms with Crippen molar-refractivity contribution in [1.29, 1.82) is 0 Å². The summed E-state index contributed by atoms with van der Waals surface area (Å²) >= 11 is 0. The fourth-order valence-corrected chi connectivity index (χ4v) is 2.43. The van der Waals surface area contributed by atoms with Crippen molar-refractivity contribution in [3.05, 3.63) is 35.9 Å². The molecule has 0 heterocycles. The molecule has 0 bridgehead atoms. The average molecular weight is 218 g/mol. The van der Waals surface area contributed by atoms with E-state index in [0.29, 0.717) is 12.5 Å². The van der Waals surface area contributed by atoms with Gasteiger partial charge in [-0.2, -0.15) is 0 Å². The Hall–Kier alpha value is -1.35. The Morgan fingerprint density at radius 2 is 2.06 bits per heavy atom. The highest BCUT2D eigenvalue weighted by Gasteiger charge is 2.46. The van der Waals surface area contributed by atoms with Crippen LogP contribution in [0.3, 0.4) is 0 Å². The topological polar surface area (TPSA) is 55.1 Å². The van der Waals surface area contributed by atoms with Gasteiger partial charge in [-0.3, -0.25) is 10.1 Å². The lowest BCUT2D eigenvalue weighted by atomic mass is 9.68. The molecule has 3 heteroatoms. The van der Waals surface area contributed by atoms with E-state index in [-0.39, 0.29) is 5.91 Å². The summed E-state index contributed by atoms with van der Waals surface area (Å²) in [5, 5.41) is 3.30. The van der Waals surface area contributed by atoms with Gasteiger partial charge < -0.3 is 5.73 Å². The molecule has 86 valence electrons. The minimum absolute atomic E-state index is 0.221. The Morgan fingerprint density at radius 3 is 2.56 bits per heavy atom. The molecule has 1 fully saturated rings. The third-order valence-corrected chi connectivity index (χ3v) is 3.34. The first-order valence-electron chi connectivity index (χ1n) is 5.71. The number of primary amides is 1. The largest absolute Gasteiger partial charge is 0.368 e. The van der Waals surface area contributed by atoms with Crippen molar-refractivity contribution in [2.24, 2.45) is 11.7 Å². The predicted octanol–water partition coefficient (Wildman–Crippen LogP) is 1.43. The zero-order valence-electron chi connectivity index (χ0n) is 9.57. The molecule has 0 spiro atoms. The number of benzene rings is 1. The summed E-state index contributed by atoms with van der Waals surface area (Å²) in [6.07, 6.45) is 1.71. The number of carbonyl (C=O) groups is 1. The van der Waals surface area contributed by atoms with Crippen LogP contribution in [0.25, 0.3) is 0 Å². The highest BCUT2D eigenvalue weighted by Crippen LogP contribution is 2.37. The van der Waals surface area contributed by atoms with E-state index < -0.39 is 5.54 Å². The van der Waals surface area contributed by atoms with Crippen molar-refractivity contribution >= 4 is 5.91 Å². The predicted molar refractivity (Wildman–Crippen MR) is 63.6 cm³/mol. The second kappa shape index (κ2) is 4.26. The minimum atomic E-state index is -0.463. The molecule has 0 unspecified atom stereocenters. The van der Waals surface area contributed by atoms with Gasteiger partial charge >= 0.3 is 0 Å². The molecular formula is C13H18N2O. The summed E-state index contributed by atoms with van der Waals surface area (Å²) in [6.45, 7) is 2.85. The van der Waals surface area contributed by atoms with Gasteiger partial charge in [0.25, 0.3) is 0 Å². The molecule has 16 heavy (non-hydrogen) atoms. The normalized spacial score (nSPS) is 28.4. The van der Waals surface area contributed by atoms with Crippen molar-refractivity contribution < 1.29 is 4.79 Å². The number of hydrogen-bond donors (Lipinski definition) is 2. The molecule has 3 N–H and O–H groups in total. The van der Waals surface area contributed by atoms with Gasteiger partial charge in [-0.1, -0.05) is 37.3 Å². The van der Waals surface area contributed by atoms with Gasteiger partial charge in [0.2, 0.25) is 5.91 Å².